The van der Waals surface area contributed by atoms with Gasteiger partial charge in [-0.3, -0.25) is 0 Å². The molecule has 1 aromatic carbocycles. The van der Waals surface area contributed by atoms with Gasteiger partial charge >= 0.3 is 0 Å². The fourth-order valence-corrected chi connectivity index (χ4v) is 3.32. The van der Waals surface area contributed by atoms with Gasteiger partial charge in [0.25, 0.3) is 0 Å². The van der Waals surface area contributed by atoms with Crippen LogP contribution in [0.5, 0.6) is 0 Å². The highest BCUT2D eigenvalue weighted by molar-refractivity contribution is 7.80. The van der Waals surface area contributed by atoms with E-state index in [1.165, 1.54) is 24.0 Å². The molecule has 1 unspecified atom stereocenters. The van der Waals surface area contributed by atoms with Crippen molar-refractivity contribution in [2.24, 2.45) is 0 Å². The Bertz CT molecular complexity index is 413. The normalized spacial score (nSPS) is 29.2. The van der Waals surface area contributed by atoms with E-state index in [0.717, 1.165) is 11.5 Å². The largest absolute Gasteiger partial charge is 0.353 e. The lowest BCUT2D eigenvalue weighted by atomic mass is 9.90. The summed E-state index contributed by atoms with van der Waals surface area (Å²) in [6.45, 7) is 3.45. The lowest BCUT2D eigenvalue weighted by Crippen LogP contribution is -2.34. The van der Waals surface area contributed by atoms with Gasteiger partial charge in [-0.1, -0.05) is 36.5 Å². The molecule has 0 N–H and O–H groups in total. The van der Waals surface area contributed by atoms with E-state index in [0.29, 0.717) is 0 Å². The molecule has 2 heteroatoms. The maximum Gasteiger partial charge on any atom is 0.110 e. The van der Waals surface area contributed by atoms with Gasteiger partial charge in [-0.25, -0.2) is 0 Å². The van der Waals surface area contributed by atoms with Gasteiger partial charge in [-0.2, -0.15) is 0 Å². The zero-order valence-electron chi connectivity index (χ0n) is 8.29. The maximum atomic E-state index is 5.51. The van der Waals surface area contributed by atoms with Crippen LogP contribution in [0.3, 0.4) is 0 Å². The first kappa shape index (κ1) is 8.42. The number of thiocarbonyl (C=S) groups is 1. The molecule has 0 aliphatic carbocycles. The minimum atomic E-state index is 0.202. The summed E-state index contributed by atoms with van der Waals surface area (Å²) in [4.78, 5) is 3.45. The van der Waals surface area contributed by atoms with Crippen LogP contribution in [0, 0.1) is 0 Å². The molecule has 2 aliphatic heterocycles. The van der Waals surface area contributed by atoms with Crippen LogP contribution < -0.4 is 0 Å². The summed E-state index contributed by atoms with van der Waals surface area (Å²) in [5, 5.41) is 0. The van der Waals surface area contributed by atoms with Crippen LogP contribution in [0.1, 0.15) is 30.9 Å². The highest BCUT2D eigenvalue weighted by Crippen LogP contribution is 2.46. The summed E-state index contributed by atoms with van der Waals surface area (Å²) in [7, 11) is 0. The van der Waals surface area contributed by atoms with Crippen molar-refractivity contribution in [1.29, 1.82) is 0 Å². The van der Waals surface area contributed by atoms with Crippen LogP contribution in [-0.4, -0.2) is 16.4 Å². The number of hydrogen-bond acceptors (Lipinski definition) is 1. The Morgan fingerprint density at radius 3 is 3.00 bits per heavy atom. The minimum Gasteiger partial charge on any atom is -0.353 e. The zero-order chi connectivity index (χ0) is 9.76. The van der Waals surface area contributed by atoms with Crippen molar-refractivity contribution < 1.29 is 0 Å². The van der Waals surface area contributed by atoms with Crippen LogP contribution in [0.2, 0.25) is 0 Å². The fourth-order valence-electron chi connectivity index (χ4n) is 2.85. The third-order valence-corrected chi connectivity index (χ3v) is 4.06. The van der Waals surface area contributed by atoms with Gasteiger partial charge in [0, 0.05) is 12.1 Å². The molecule has 0 bridgehead atoms. The van der Waals surface area contributed by atoms with Crippen molar-refractivity contribution in [3.05, 3.63) is 35.4 Å². The molecule has 14 heavy (non-hydrogen) atoms. The quantitative estimate of drug-likeness (QED) is 0.596. The summed E-state index contributed by atoms with van der Waals surface area (Å²) in [6.07, 6.45) is 2.51. The summed E-state index contributed by atoms with van der Waals surface area (Å²) in [6, 6.07) is 8.58. The standard InChI is InChI=1S/C12H13NS/c1-12-7-4-8-13(12)11(14)9-5-2-3-6-10(9)12/h2-3,5-6H,4,7-8H2,1H3. The second-order valence-corrected chi connectivity index (χ2v) is 4.77. The molecule has 1 atom stereocenters. The Hall–Kier alpha value is -0.890. The van der Waals surface area contributed by atoms with Crippen molar-refractivity contribution in [1.82, 2.24) is 4.90 Å². The highest BCUT2D eigenvalue weighted by atomic mass is 32.1. The first-order valence-electron chi connectivity index (χ1n) is 5.15. The van der Waals surface area contributed by atoms with Crippen molar-refractivity contribution in [2.75, 3.05) is 6.54 Å². The smallest absolute Gasteiger partial charge is 0.110 e. The van der Waals surface area contributed by atoms with Gasteiger partial charge in [0.2, 0.25) is 0 Å². The molecule has 1 fully saturated rings. The topological polar surface area (TPSA) is 3.24 Å². The van der Waals surface area contributed by atoms with Crippen molar-refractivity contribution in [3.63, 3.8) is 0 Å². The summed E-state index contributed by atoms with van der Waals surface area (Å²) < 4.78 is 0. The predicted molar refractivity (Wildman–Crippen MR) is 61.4 cm³/mol. The van der Waals surface area contributed by atoms with Gasteiger partial charge in [0.1, 0.15) is 4.99 Å². The fraction of sp³-hybridized carbons (Fsp3) is 0.417. The van der Waals surface area contributed by atoms with Crippen molar-refractivity contribution >= 4 is 17.2 Å². The van der Waals surface area contributed by atoms with E-state index in [4.69, 9.17) is 12.2 Å². The second kappa shape index (κ2) is 2.57. The molecule has 2 heterocycles. The molecule has 2 aliphatic rings. The van der Waals surface area contributed by atoms with Gasteiger partial charge < -0.3 is 4.90 Å². The molecule has 0 radical (unpaired) electrons. The lowest BCUT2D eigenvalue weighted by Gasteiger charge is -2.29. The number of hydrogen-bond donors (Lipinski definition) is 0. The molecule has 0 amide bonds. The number of benzene rings is 1. The average molecular weight is 203 g/mol. The third kappa shape index (κ3) is 0.825. The number of rotatable bonds is 0. The van der Waals surface area contributed by atoms with Crippen LogP contribution in [-0.2, 0) is 5.54 Å². The van der Waals surface area contributed by atoms with Crippen LogP contribution in [0.15, 0.2) is 24.3 Å². The van der Waals surface area contributed by atoms with Gasteiger partial charge in [0.05, 0.1) is 5.54 Å². The molecule has 1 aromatic rings. The Labute approximate surface area is 89.7 Å². The van der Waals surface area contributed by atoms with E-state index in [-0.39, 0.29) is 5.54 Å². The Morgan fingerprint density at radius 2 is 2.14 bits per heavy atom. The molecule has 1 nitrogen and oxygen atoms in total. The summed E-state index contributed by atoms with van der Waals surface area (Å²) in [5.74, 6) is 0. The molecule has 0 aromatic heterocycles. The van der Waals surface area contributed by atoms with Crippen molar-refractivity contribution in [2.45, 2.75) is 25.3 Å². The summed E-state index contributed by atoms with van der Waals surface area (Å²) in [5.41, 5.74) is 2.92. The first-order valence-corrected chi connectivity index (χ1v) is 5.56. The number of fused-ring (bicyclic) bond motifs is 3. The maximum absolute atomic E-state index is 5.51. The van der Waals surface area contributed by atoms with Crippen LogP contribution in [0.4, 0.5) is 0 Å². The summed E-state index contributed by atoms with van der Waals surface area (Å²) >= 11 is 5.51. The van der Waals surface area contributed by atoms with Crippen LogP contribution in [0.25, 0.3) is 0 Å². The molecule has 0 saturated carbocycles. The Kier molecular flexibility index (Phi) is 1.55. The highest BCUT2D eigenvalue weighted by Gasteiger charge is 2.46. The van der Waals surface area contributed by atoms with Gasteiger partial charge in [-0.05, 0) is 25.3 Å². The molecular formula is C12H13NS. The predicted octanol–water partition coefficient (Wildman–Crippen LogP) is 2.69. The monoisotopic (exact) mass is 203 g/mol. The molecule has 1 saturated heterocycles. The van der Waals surface area contributed by atoms with Crippen molar-refractivity contribution in [3.8, 4) is 0 Å². The molecule has 0 spiro atoms. The van der Waals surface area contributed by atoms with E-state index in [1.807, 2.05) is 0 Å². The van der Waals surface area contributed by atoms with E-state index in [2.05, 4.69) is 36.1 Å². The van der Waals surface area contributed by atoms with Crippen LogP contribution >= 0.6 is 12.2 Å². The van der Waals surface area contributed by atoms with Gasteiger partial charge in [0.15, 0.2) is 0 Å². The SMILES string of the molecule is CC12CCCN1C(=S)c1ccccc12. The average Bonchev–Trinajstić information content (AvgIpc) is 2.67. The minimum absolute atomic E-state index is 0.202. The van der Waals surface area contributed by atoms with Gasteiger partial charge in [-0.15, -0.1) is 0 Å². The molecular weight excluding hydrogens is 190 g/mol. The lowest BCUT2D eigenvalue weighted by molar-refractivity contribution is 0.280. The Morgan fingerprint density at radius 1 is 1.36 bits per heavy atom. The van der Waals surface area contributed by atoms with E-state index in [9.17, 15) is 0 Å². The first-order chi connectivity index (χ1) is 6.73. The van der Waals surface area contributed by atoms with E-state index < -0.39 is 0 Å². The second-order valence-electron chi connectivity index (χ2n) is 4.38. The Balaban J connectivity index is 2.26. The molecule has 3 rings (SSSR count). The molecule has 72 valence electrons. The number of nitrogens with zero attached hydrogens (tertiary/aromatic N) is 1. The third-order valence-electron chi connectivity index (χ3n) is 3.62. The zero-order valence-corrected chi connectivity index (χ0v) is 9.10. The van der Waals surface area contributed by atoms with E-state index in [1.54, 1.807) is 0 Å². The van der Waals surface area contributed by atoms with E-state index >= 15 is 0 Å².